The van der Waals surface area contributed by atoms with Crippen molar-refractivity contribution in [2.24, 2.45) is 47.3 Å². The zero-order chi connectivity index (χ0) is 14.6. The van der Waals surface area contributed by atoms with Gasteiger partial charge in [-0.05, 0) is 57.3 Å². The minimum Gasteiger partial charge on any atom is -0.299 e. The van der Waals surface area contributed by atoms with Gasteiger partial charge in [-0.3, -0.25) is 9.59 Å². The second-order valence-electron chi connectivity index (χ2n) is 8.17. The Bertz CT molecular complexity index is 608. The first-order chi connectivity index (χ1) is 10.0. The van der Waals surface area contributed by atoms with Gasteiger partial charge >= 0.3 is 0 Å². The van der Waals surface area contributed by atoms with Crippen LogP contribution in [0, 0.1) is 47.3 Å². The molecule has 0 aromatic rings. The lowest BCUT2D eigenvalue weighted by atomic mass is 9.59. The van der Waals surface area contributed by atoms with E-state index in [0.29, 0.717) is 35.2 Å². The average Bonchev–Trinajstić information content (AvgIpc) is 2.86. The molecule has 0 radical (unpaired) electrons. The van der Waals surface area contributed by atoms with Crippen LogP contribution in [0.15, 0.2) is 22.8 Å². The maximum Gasteiger partial charge on any atom is 0.141 e. The van der Waals surface area contributed by atoms with E-state index in [1.807, 2.05) is 0 Å². The summed E-state index contributed by atoms with van der Waals surface area (Å²) in [6, 6.07) is 0. The Morgan fingerprint density at radius 2 is 1.38 bits per heavy atom. The van der Waals surface area contributed by atoms with Crippen LogP contribution in [0.5, 0.6) is 0 Å². The van der Waals surface area contributed by atoms with Crippen LogP contribution >= 0.6 is 0 Å². The Morgan fingerprint density at radius 3 is 1.86 bits per heavy atom. The van der Waals surface area contributed by atoms with Gasteiger partial charge in [-0.25, -0.2) is 0 Å². The lowest BCUT2D eigenvalue weighted by molar-refractivity contribution is -0.145. The van der Waals surface area contributed by atoms with Crippen LogP contribution in [-0.2, 0) is 9.59 Å². The number of carbonyl (C=O) groups excluding carboxylic acids is 2. The zero-order valence-electron chi connectivity index (χ0n) is 12.9. The largest absolute Gasteiger partial charge is 0.299 e. The number of carbonyl (C=O) groups is 2. The van der Waals surface area contributed by atoms with Crippen molar-refractivity contribution in [1.29, 1.82) is 0 Å². The Hall–Kier alpha value is -1.18. The monoisotopic (exact) mass is 282 g/mol. The Kier molecular flexibility index (Phi) is 2.11. The molecule has 0 saturated heterocycles. The molecule has 0 aliphatic heterocycles. The van der Waals surface area contributed by atoms with Crippen LogP contribution in [-0.4, -0.2) is 11.6 Å². The van der Waals surface area contributed by atoms with Gasteiger partial charge in [0.2, 0.25) is 0 Å². The van der Waals surface area contributed by atoms with Gasteiger partial charge in [-0.2, -0.15) is 0 Å². The minimum atomic E-state index is 0.0981. The van der Waals surface area contributed by atoms with Gasteiger partial charge in [0.15, 0.2) is 0 Å². The smallest absolute Gasteiger partial charge is 0.141 e. The minimum absolute atomic E-state index is 0.0981. The molecule has 8 atom stereocenters. The molecule has 2 unspecified atom stereocenters. The topological polar surface area (TPSA) is 34.1 Å². The van der Waals surface area contributed by atoms with E-state index >= 15 is 0 Å². The highest BCUT2D eigenvalue weighted by Crippen LogP contribution is 2.82. The molecule has 110 valence electrons. The highest BCUT2D eigenvalue weighted by Gasteiger charge is 2.85. The van der Waals surface area contributed by atoms with E-state index in [1.54, 1.807) is 5.57 Å². The summed E-state index contributed by atoms with van der Waals surface area (Å²) in [5.41, 5.74) is 4.43. The normalized spacial score (nSPS) is 52.7. The van der Waals surface area contributed by atoms with Crippen LogP contribution in [0.4, 0.5) is 0 Å². The molecular weight excluding hydrogens is 260 g/mol. The number of hydrogen-bond acceptors (Lipinski definition) is 2. The molecule has 5 rings (SSSR count). The highest BCUT2D eigenvalue weighted by molar-refractivity contribution is 6.07. The summed E-state index contributed by atoms with van der Waals surface area (Å²) >= 11 is 0. The predicted molar refractivity (Wildman–Crippen MR) is 79.3 cm³/mol. The van der Waals surface area contributed by atoms with Crippen molar-refractivity contribution in [2.75, 3.05) is 0 Å². The summed E-state index contributed by atoms with van der Waals surface area (Å²) in [6.45, 7) is 6.54. The highest BCUT2D eigenvalue weighted by atomic mass is 16.1. The van der Waals surface area contributed by atoms with Gasteiger partial charge < -0.3 is 0 Å². The number of fused-ring (bicyclic) bond motifs is 2. The molecule has 2 bridgehead atoms. The van der Waals surface area contributed by atoms with E-state index in [9.17, 15) is 9.59 Å². The van der Waals surface area contributed by atoms with Crippen molar-refractivity contribution >= 4 is 11.6 Å². The fraction of sp³-hybridized carbons (Fsp3) is 0.684. The second kappa shape index (κ2) is 3.59. The molecule has 2 heteroatoms. The lowest BCUT2D eigenvalue weighted by Crippen LogP contribution is -2.47. The third-order valence-corrected chi connectivity index (χ3v) is 7.25. The summed E-state index contributed by atoms with van der Waals surface area (Å²) in [4.78, 5) is 25.1. The molecule has 5 fully saturated rings. The number of hydrogen-bond donors (Lipinski definition) is 0. The predicted octanol–water partition coefficient (Wildman–Crippen LogP) is 3.19. The third kappa shape index (κ3) is 1.12. The van der Waals surface area contributed by atoms with E-state index < -0.39 is 0 Å². The van der Waals surface area contributed by atoms with Crippen molar-refractivity contribution < 1.29 is 9.59 Å². The van der Waals surface area contributed by atoms with E-state index in [1.165, 1.54) is 11.1 Å². The standard InChI is InChI=1S/C19H22O2/c1-7(2)5-4-6-8(3)9-10-12-13-11(9)15-14(10)18(20)16(12)17(13)19(15)21/h5,10-17H,4,6H2,1-3H3/t10-,11+,12-,13+,14-,15-,16?,17?/m1/s1. The molecular formula is C19H22O2. The summed E-state index contributed by atoms with van der Waals surface area (Å²) in [6.07, 6.45) is 4.49. The van der Waals surface area contributed by atoms with E-state index in [-0.39, 0.29) is 23.7 Å². The summed E-state index contributed by atoms with van der Waals surface area (Å²) in [5, 5.41) is 0. The van der Waals surface area contributed by atoms with Gasteiger partial charge in [-0.15, -0.1) is 0 Å². The van der Waals surface area contributed by atoms with Crippen LogP contribution in [0.3, 0.4) is 0 Å². The first-order valence-electron chi connectivity index (χ1n) is 8.44. The number of rotatable bonds is 3. The van der Waals surface area contributed by atoms with E-state index in [0.717, 1.165) is 12.8 Å². The molecule has 0 amide bonds. The van der Waals surface area contributed by atoms with Gasteiger partial charge in [0.05, 0.1) is 0 Å². The first kappa shape index (κ1) is 12.4. The third-order valence-electron chi connectivity index (χ3n) is 7.25. The Balaban J connectivity index is 1.54. The summed E-state index contributed by atoms with van der Waals surface area (Å²) < 4.78 is 0. The van der Waals surface area contributed by atoms with E-state index in [2.05, 4.69) is 26.8 Å². The molecule has 0 aromatic heterocycles. The lowest BCUT2D eigenvalue weighted by Gasteiger charge is -2.42. The van der Waals surface area contributed by atoms with Crippen LogP contribution in [0.25, 0.3) is 0 Å². The molecule has 0 heterocycles. The molecule has 5 aliphatic rings. The maximum absolute atomic E-state index is 12.5. The molecule has 21 heavy (non-hydrogen) atoms. The number of allylic oxidation sites excluding steroid dienone is 4. The average molecular weight is 282 g/mol. The second-order valence-corrected chi connectivity index (χ2v) is 8.17. The van der Waals surface area contributed by atoms with Gasteiger partial charge in [-0.1, -0.05) is 22.8 Å². The molecule has 0 aromatic carbocycles. The molecule has 0 N–H and O–H groups in total. The van der Waals surface area contributed by atoms with Crippen molar-refractivity contribution in [3.63, 3.8) is 0 Å². The Labute approximate surface area is 125 Å². The molecule has 0 spiro atoms. The van der Waals surface area contributed by atoms with E-state index in [4.69, 9.17) is 0 Å². The van der Waals surface area contributed by atoms with Gasteiger partial charge in [0.25, 0.3) is 0 Å². The maximum atomic E-state index is 12.5. The number of ketones is 2. The SMILES string of the molecule is CC(C)=CCCC(C)=C1[C@@H]2[C@H]3C(=O)C4C5C(=O)[C@@H]3[C@H]1[C@@H]5[C@@H]42. The van der Waals surface area contributed by atoms with Crippen LogP contribution < -0.4 is 0 Å². The molecule has 5 aliphatic carbocycles. The number of Topliss-reactive ketones (excluding diaryl/α,β-unsaturated/α-hetero) is 2. The quantitative estimate of drug-likeness (QED) is 0.745. The van der Waals surface area contributed by atoms with Gasteiger partial charge in [0, 0.05) is 23.7 Å². The van der Waals surface area contributed by atoms with Crippen molar-refractivity contribution in [2.45, 2.75) is 33.6 Å². The molecule has 2 nitrogen and oxygen atoms in total. The summed E-state index contributed by atoms with van der Waals surface area (Å²) in [5.74, 6) is 3.47. The van der Waals surface area contributed by atoms with Crippen LogP contribution in [0.2, 0.25) is 0 Å². The molecule has 5 saturated carbocycles. The van der Waals surface area contributed by atoms with Crippen molar-refractivity contribution in [3.8, 4) is 0 Å². The van der Waals surface area contributed by atoms with Crippen molar-refractivity contribution in [3.05, 3.63) is 22.8 Å². The Morgan fingerprint density at radius 1 is 0.857 bits per heavy atom. The summed E-state index contributed by atoms with van der Waals surface area (Å²) in [7, 11) is 0. The van der Waals surface area contributed by atoms with Crippen LogP contribution in [0.1, 0.15) is 33.6 Å². The zero-order valence-corrected chi connectivity index (χ0v) is 12.9. The van der Waals surface area contributed by atoms with Gasteiger partial charge in [0.1, 0.15) is 11.6 Å². The fourth-order valence-electron chi connectivity index (χ4n) is 6.86. The fourth-order valence-corrected chi connectivity index (χ4v) is 6.86. The first-order valence-corrected chi connectivity index (χ1v) is 8.44. The van der Waals surface area contributed by atoms with Crippen molar-refractivity contribution in [1.82, 2.24) is 0 Å².